The molecule has 0 radical (unpaired) electrons. The molecular formula is C19H21NO5. The van der Waals surface area contributed by atoms with Crippen LogP contribution < -0.4 is 9.47 Å². The van der Waals surface area contributed by atoms with Crippen LogP contribution in [0.1, 0.15) is 28.7 Å². The molecule has 1 aliphatic rings. The Labute approximate surface area is 146 Å². The van der Waals surface area contributed by atoms with Gasteiger partial charge in [0.25, 0.3) is 0 Å². The Bertz CT molecular complexity index is 808. The number of nitrogens with zero attached hydrogens (tertiary/aromatic N) is 1. The largest absolute Gasteiger partial charge is 0.485 e. The molecule has 0 amide bonds. The van der Waals surface area contributed by atoms with E-state index >= 15 is 0 Å². The molecular weight excluding hydrogens is 322 g/mol. The lowest BCUT2D eigenvalue weighted by molar-refractivity contribution is -0.153. The van der Waals surface area contributed by atoms with Crippen LogP contribution in [-0.2, 0) is 16.1 Å². The highest BCUT2D eigenvalue weighted by Gasteiger charge is 2.29. The van der Waals surface area contributed by atoms with Gasteiger partial charge in [0, 0.05) is 23.5 Å². The summed E-state index contributed by atoms with van der Waals surface area (Å²) in [6.07, 6.45) is -0.870. The summed E-state index contributed by atoms with van der Waals surface area (Å²) in [5.41, 5.74) is 2.47. The monoisotopic (exact) mass is 343 g/mol. The minimum Gasteiger partial charge on any atom is -0.485 e. The fraction of sp³-hybridized carbons (Fsp3) is 0.368. The maximum Gasteiger partial charge on any atom is 0.351 e. The van der Waals surface area contributed by atoms with E-state index in [0.717, 1.165) is 17.9 Å². The normalized spacial score (nSPS) is 15.7. The first-order valence-corrected chi connectivity index (χ1v) is 8.26. The zero-order valence-corrected chi connectivity index (χ0v) is 14.6. The van der Waals surface area contributed by atoms with Crippen molar-refractivity contribution in [3.8, 4) is 11.5 Å². The second kappa shape index (κ2) is 7.01. The van der Waals surface area contributed by atoms with E-state index in [0.29, 0.717) is 17.1 Å². The first kappa shape index (κ1) is 17.1. The summed E-state index contributed by atoms with van der Waals surface area (Å²) < 4.78 is 18.3. The fourth-order valence-electron chi connectivity index (χ4n) is 3.01. The highest BCUT2D eigenvalue weighted by Crippen LogP contribution is 2.31. The van der Waals surface area contributed by atoms with Crippen molar-refractivity contribution in [1.29, 1.82) is 0 Å². The van der Waals surface area contributed by atoms with Crippen molar-refractivity contribution < 1.29 is 23.8 Å². The number of hydrogen-bond acceptors (Lipinski definition) is 5. The maximum absolute atomic E-state index is 12.4. The number of rotatable bonds is 5. The van der Waals surface area contributed by atoms with Crippen molar-refractivity contribution in [3.63, 3.8) is 0 Å². The number of aromatic nitrogens is 1. The van der Waals surface area contributed by atoms with Gasteiger partial charge in [-0.2, -0.15) is 0 Å². The topological polar surface area (TPSA) is 66.8 Å². The Morgan fingerprint density at radius 1 is 1.24 bits per heavy atom. The Balaban J connectivity index is 1.60. The molecule has 3 rings (SSSR count). The molecule has 1 aromatic carbocycles. The number of carbonyl (C=O) groups excluding carboxylic acids is 2. The van der Waals surface area contributed by atoms with Crippen LogP contribution in [0.2, 0.25) is 0 Å². The minimum absolute atomic E-state index is 0.0639. The number of fused-ring (bicyclic) bond motifs is 1. The van der Waals surface area contributed by atoms with Gasteiger partial charge in [-0.05, 0) is 39.0 Å². The number of esters is 1. The molecule has 1 aliphatic heterocycles. The molecule has 1 atom stereocenters. The number of para-hydroxylation sites is 2. The van der Waals surface area contributed by atoms with Gasteiger partial charge in [-0.1, -0.05) is 12.1 Å². The maximum atomic E-state index is 12.4. The van der Waals surface area contributed by atoms with E-state index in [-0.39, 0.29) is 19.0 Å². The SMILES string of the molecule is CCn1c(C)cc(C(=O)COC(=O)[C@H]2COc3ccccc3O2)c1C. The second-order valence-corrected chi connectivity index (χ2v) is 5.92. The van der Waals surface area contributed by atoms with Crippen LogP contribution in [0.5, 0.6) is 11.5 Å². The van der Waals surface area contributed by atoms with Crippen molar-refractivity contribution in [2.24, 2.45) is 0 Å². The lowest BCUT2D eigenvalue weighted by atomic mass is 10.1. The lowest BCUT2D eigenvalue weighted by Gasteiger charge is -2.24. The van der Waals surface area contributed by atoms with Gasteiger partial charge in [-0.25, -0.2) is 4.79 Å². The zero-order valence-electron chi connectivity index (χ0n) is 14.6. The molecule has 2 aromatic rings. The summed E-state index contributed by atoms with van der Waals surface area (Å²) in [5, 5.41) is 0. The van der Waals surface area contributed by atoms with Gasteiger partial charge in [0.2, 0.25) is 11.9 Å². The van der Waals surface area contributed by atoms with E-state index in [1.807, 2.05) is 37.5 Å². The van der Waals surface area contributed by atoms with Crippen LogP contribution in [0.25, 0.3) is 0 Å². The number of Topliss-reactive ketones (excluding diaryl/α,β-unsaturated/α-hetero) is 1. The number of aryl methyl sites for hydroxylation is 1. The lowest BCUT2D eigenvalue weighted by Crippen LogP contribution is -2.38. The minimum atomic E-state index is -0.870. The van der Waals surface area contributed by atoms with Gasteiger partial charge in [0.1, 0.15) is 6.61 Å². The summed E-state index contributed by atoms with van der Waals surface area (Å²) >= 11 is 0. The number of hydrogen-bond donors (Lipinski definition) is 0. The fourth-order valence-corrected chi connectivity index (χ4v) is 3.01. The predicted octanol–water partition coefficient (Wildman–Crippen LogP) is 2.69. The van der Waals surface area contributed by atoms with E-state index in [1.54, 1.807) is 18.2 Å². The quantitative estimate of drug-likeness (QED) is 0.617. The Hall–Kier alpha value is -2.76. The molecule has 0 saturated heterocycles. The molecule has 0 spiro atoms. The van der Waals surface area contributed by atoms with E-state index in [4.69, 9.17) is 14.2 Å². The second-order valence-electron chi connectivity index (χ2n) is 5.92. The molecule has 0 bridgehead atoms. The predicted molar refractivity (Wildman–Crippen MR) is 91.2 cm³/mol. The summed E-state index contributed by atoms with van der Waals surface area (Å²) in [6, 6.07) is 8.93. The van der Waals surface area contributed by atoms with Crippen molar-refractivity contribution in [1.82, 2.24) is 4.57 Å². The standard InChI is InChI=1S/C19H21NO5/c1-4-20-12(2)9-14(13(20)3)15(21)10-24-19(22)18-11-23-16-7-5-6-8-17(16)25-18/h5-9,18H,4,10-11H2,1-3H3/t18-/m1/s1. The van der Waals surface area contributed by atoms with E-state index in [1.165, 1.54) is 0 Å². The van der Waals surface area contributed by atoms with Crippen LogP contribution in [0.3, 0.4) is 0 Å². The van der Waals surface area contributed by atoms with Gasteiger partial charge in [-0.15, -0.1) is 0 Å². The van der Waals surface area contributed by atoms with Gasteiger partial charge < -0.3 is 18.8 Å². The molecule has 6 nitrogen and oxygen atoms in total. The summed E-state index contributed by atoms with van der Waals surface area (Å²) in [6.45, 7) is 6.40. The Kier molecular flexibility index (Phi) is 4.79. The molecule has 0 saturated carbocycles. The number of ketones is 1. The van der Waals surface area contributed by atoms with E-state index in [9.17, 15) is 9.59 Å². The highest BCUT2D eigenvalue weighted by atomic mass is 16.6. The molecule has 0 unspecified atom stereocenters. The molecule has 1 aromatic heterocycles. The van der Waals surface area contributed by atoms with Crippen molar-refractivity contribution in [3.05, 3.63) is 47.3 Å². The van der Waals surface area contributed by atoms with Crippen molar-refractivity contribution in [2.45, 2.75) is 33.4 Å². The molecule has 25 heavy (non-hydrogen) atoms. The van der Waals surface area contributed by atoms with Crippen LogP contribution in [-0.4, -0.2) is 35.6 Å². The third kappa shape index (κ3) is 3.38. The molecule has 0 N–H and O–H groups in total. The molecule has 6 heteroatoms. The third-order valence-corrected chi connectivity index (χ3v) is 4.31. The summed E-state index contributed by atoms with van der Waals surface area (Å²) in [4.78, 5) is 24.5. The summed E-state index contributed by atoms with van der Waals surface area (Å²) in [7, 11) is 0. The number of benzene rings is 1. The number of ether oxygens (including phenoxy) is 3. The third-order valence-electron chi connectivity index (χ3n) is 4.31. The highest BCUT2D eigenvalue weighted by molar-refractivity contribution is 5.99. The van der Waals surface area contributed by atoms with Crippen LogP contribution in [0.4, 0.5) is 0 Å². The van der Waals surface area contributed by atoms with Crippen LogP contribution in [0.15, 0.2) is 30.3 Å². The first-order chi connectivity index (χ1) is 12.0. The van der Waals surface area contributed by atoms with Gasteiger partial charge in [0.05, 0.1) is 0 Å². The Morgan fingerprint density at radius 3 is 2.64 bits per heavy atom. The van der Waals surface area contributed by atoms with Gasteiger partial charge in [-0.3, -0.25) is 4.79 Å². The first-order valence-electron chi connectivity index (χ1n) is 8.26. The molecule has 0 aliphatic carbocycles. The zero-order chi connectivity index (χ0) is 18.0. The molecule has 2 heterocycles. The van der Waals surface area contributed by atoms with Crippen molar-refractivity contribution in [2.75, 3.05) is 13.2 Å². The van der Waals surface area contributed by atoms with Crippen molar-refractivity contribution >= 4 is 11.8 Å². The van der Waals surface area contributed by atoms with E-state index in [2.05, 4.69) is 0 Å². The average Bonchev–Trinajstić information content (AvgIpc) is 2.92. The van der Waals surface area contributed by atoms with Gasteiger partial charge in [0.15, 0.2) is 18.1 Å². The van der Waals surface area contributed by atoms with Crippen LogP contribution >= 0.6 is 0 Å². The van der Waals surface area contributed by atoms with Crippen LogP contribution in [0, 0.1) is 13.8 Å². The average molecular weight is 343 g/mol. The Morgan fingerprint density at radius 2 is 1.96 bits per heavy atom. The summed E-state index contributed by atoms with van der Waals surface area (Å²) in [5.74, 6) is 0.258. The molecule has 0 fully saturated rings. The van der Waals surface area contributed by atoms with E-state index < -0.39 is 12.1 Å². The molecule has 132 valence electrons. The smallest absolute Gasteiger partial charge is 0.351 e. The number of carbonyl (C=O) groups is 2. The van der Waals surface area contributed by atoms with Gasteiger partial charge >= 0.3 is 5.97 Å².